The summed E-state index contributed by atoms with van der Waals surface area (Å²) in [6, 6.07) is 21.0. The molecule has 0 aliphatic carbocycles. The zero-order valence-corrected chi connectivity index (χ0v) is 19.0. The molecule has 172 valence electrons. The third-order valence-corrected chi connectivity index (χ3v) is 6.65. The minimum atomic E-state index is 0.0293. The smallest absolute Gasteiger partial charge is 0.273 e. The molecule has 0 spiro atoms. The van der Waals surface area contributed by atoms with E-state index in [1.165, 1.54) is 11.4 Å². The van der Waals surface area contributed by atoms with Crippen LogP contribution >= 0.6 is 0 Å². The Morgan fingerprint density at radius 3 is 1.82 bits per heavy atom. The lowest BCUT2D eigenvalue weighted by Gasteiger charge is -2.36. The summed E-state index contributed by atoms with van der Waals surface area (Å²) in [7, 11) is 0. The van der Waals surface area contributed by atoms with Crippen LogP contribution in [0.1, 0.15) is 10.5 Å². The SMILES string of the molecule is O=C(c1cnnn1CCN1CCN(c2ccccc2)CC1)N1CCN(c2ccccc2)CC1. The van der Waals surface area contributed by atoms with Crippen LogP contribution in [0.3, 0.4) is 0 Å². The molecule has 8 nitrogen and oxygen atoms in total. The molecular formula is C25H31N7O. The Labute approximate surface area is 195 Å². The van der Waals surface area contributed by atoms with Crippen molar-refractivity contribution >= 4 is 17.3 Å². The van der Waals surface area contributed by atoms with Crippen molar-refractivity contribution in [3.8, 4) is 0 Å². The molecule has 0 N–H and O–H groups in total. The number of nitrogens with zero attached hydrogens (tertiary/aromatic N) is 7. The van der Waals surface area contributed by atoms with Crippen LogP contribution in [0.15, 0.2) is 66.9 Å². The maximum absolute atomic E-state index is 13.2. The molecule has 3 aromatic rings. The Morgan fingerprint density at radius 1 is 0.697 bits per heavy atom. The average molecular weight is 446 g/mol. The second-order valence-electron chi connectivity index (χ2n) is 8.62. The molecule has 0 radical (unpaired) electrons. The van der Waals surface area contributed by atoms with E-state index in [2.05, 4.69) is 79.6 Å². The van der Waals surface area contributed by atoms with E-state index in [-0.39, 0.29) is 5.91 Å². The van der Waals surface area contributed by atoms with Crippen LogP contribution in [-0.2, 0) is 6.54 Å². The molecule has 0 bridgehead atoms. The molecule has 1 aromatic heterocycles. The molecule has 2 saturated heterocycles. The van der Waals surface area contributed by atoms with Crippen molar-refractivity contribution in [2.75, 3.05) is 68.7 Å². The molecule has 5 rings (SSSR count). The van der Waals surface area contributed by atoms with Gasteiger partial charge in [-0.05, 0) is 24.3 Å². The van der Waals surface area contributed by atoms with E-state index in [9.17, 15) is 4.79 Å². The van der Waals surface area contributed by atoms with E-state index in [0.717, 1.165) is 45.8 Å². The Morgan fingerprint density at radius 2 is 1.24 bits per heavy atom. The maximum atomic E-state index is 13.2. The lowest BCUT2D eigenvalue weighted by Crippen LogP contribution is -2.49. The van der Waals surface area contributed by atoms with Gasteiger partial charge in [-0.15, -0.1) is 5.10 Å². The molecule has 2 aliphatic heterocycles. The molecule has 2 aromatic carbocycles. The van der Waals surface area contributed by atoms with Crippen LogP contribution in [0.2, 0.25) is 0 Å². The van der Waals surface area contributed by atoms with Gasteiger partial charge in [0.15, 0.2) is 0 Å². The first-order valence-corrected chi connectivity index (χ1v) is 11.8. The van der Waals surface area contributed by atoms with Crippen LogP contribution in [0.4, 0.5) is 11.4 Å². The average Bonchev–Trinajstić information content (AvgIpc) is 3.37. The zero-order valence-electron chi connectivity index (χ0n) is 19.0. The number of carbonyl (C=O) groups is 1. The topological polar surface area (TPSA) is 60.7 Å². The molecular weight excluding hydrogens is 414 g/mol. The Hall–Kier alpha value is -3.39. The molecule has 3 heterocycles. The van der Waals surface area contributed by atoms with Crippen molar-refractivity contribution in [2.45, 2.75) is 6.54 Å². The summed E-state index contributed by atoms with van der Waals surface area (Å²) >= 11 is 0. The highest BCUT2D eigenvalue weighted by atomic mass is 16.2. The third-order valence-electron chi connectivity index (χ3n) is 6.65. The van der Waals surface area contributed by atoms with Crippen molar-refractivity contribution in [1.29, 1.82) is 0 Å². The van der Waals surface area contributed by atoms with Gasteiger partial charge in [-0.2, -0.15) is 0 Å². The van der Waals surface area contributed by atoms with Crippen LogP contribution in [-0.4, -0.2) is 89.6 Å². The van der Waals surface area contributed by atoms with E-state index in [0.29, 0.717) is 25.3 Å². The highest BCUT2D eigenvalue weighted by Gasteiger charge is 2.25. The lowest BCUT2D eigenvalue weighted by molar-refractivity contribution is 0.0732. The Kier molecular flexibility index (Phi) is 6.53. The second kappa shape index (κ2) is 10.0. The van der Waals surface area contributed by atoms with Crippen molar-refractivity contribution in [1.82, 2.24) is 24.8 Å². The fraction of sp³-hybridized carbons (Fsp3) is 0.400. The number of hydrogen-bond donors (Lipinski definition) is 0. The van der Waals surface area contributed by atoms with Gasteiger partial charge >= 0.3 is 0 Å². The number of benzene rings is 2. The van der Waals surface area contributed by atoms with E-state index < -0.39 is 0 Å². The summed E-state index contributed by atoms with van der Waals surface area (Å²) in [5, 5.41) is 8.26. The van der Waals surface area contributed by atoms with Crippen LogP contribution in [0, 0.1) is 0 Å². The number of hydrogen-bond acceptors (Lipinski definition) is 6. The maximum Gasteiger partial charge on any atom is 0.273 e. The number of piperazine rings is 2. The largest absolute Gasteiger partial charge is 0.369 e. The standard InChI is InChI=1S/C25H31N7O/c33-25(31-18-16-30(17-19-31)23-9-5-2-6-10-23)24-21-26-27-32(24)20-13-28-11-14-29(15-12-28)22-7-3-1-4-8-22/h1-10,21H,11-20H2. The predicted molar refractivity (Wildman–Crippen MR) is 130 cm³/mol. The first-order chi connectivity index (χ1) is 16.3. The van der Waals surface area contributed by atoms with Gasteiger partial charge in [0.05, 0.1) is 12.7 Å². The predicted octanol–water partition coefficient (Wildman–Crippen LogP) is 2.06. The normalized spacial score (nSPS) is 17.4. The summed E-state index contributed by atoms with van der Waals surface area (Å²) in [6.45, 7) is 8.68. The summed E-state index contributed by atoms with van der Waals surface area (Å²) in [6.07, 6.45) is 1.61. The van der Waals surface area contributed by atoms with Gasteiger partial charge in [0.2, 0.25) is 0 Å². The van der Waals surface area contributed by atoms with Crippen molar-refractivity contribution in [3.63, 3.8) is 0 Å². The number of aromatic nitrogens is 3. The molecule has 0 saturated carbocycles. The van der Waals surface area contributed by atoms with Gasteiger partial charge in [0.25, 0.3) is 5.91 Å². The van der Waals surface area contributed by atoms with Crippen molar-refractivity contribution in [3.05, 3.63) is 72.6 Å². The van der Waals surface area contributed by atoms with Crippen LogP contribution in [0.25, 0.3) is 0 Å². The monoisotopic (exact) mass is 445 g/mol. The molecule has 8 heteroatoms. The highest BCUT2D eigenvalue weighted by molar-refractivity contribution is 5.92. The van der Waals surface area contributed by atoms with E-state index in [4.69, 9.17) is 0 Å². The van der Waals surface area contributed by atoms with Gasteiger partial charge in [-0.1, -0.05) is 41.6 Å². The third kappa shape index (κ3) is 5.01. The fourth-order valence-electron chi connectivity index (χ4n) is 4.66. The Bertz CT molecular complexity index is 1020. The van der Waals surface area contributed by atoms with E-state index >= 15 is 0 Å². The number of rotatable bonds is 6. The van der Waals surface area contributed by atoms with Gasteiger partial charge in [0.1, 0.15) is 5.69 Å². The van der Waals surface area contributed by atoms with Crippen LogP contribution < -0.4 is 9.80 Å². The second-order valence-corrected chi connectivity index (χ2v) is 8.62. The molecule has 0 unspecified atom stereocenters. The van der Waals surface area contributed by atoms with Gasteiger partial charge < -0.3 is 14.7 Å². The highest BCUT2D eigenvalue weighted by Crippen LogP contribution is 2.17. The lowest BCUT2D eigenvalue weighted by atomic mass is 10.2. The van der Waals surface area contributed by atoms with Gasteiger partial charge in [-0.3, -0.25) is 9.69 Å². The zero-order chi connectivity index (χ0) is 22.5. The van der Waals surface area contributed by atoms with Crippen molar-refractivity contribution in [2.24, 2.45) is 0 Å². The minimum absolute atomic E-state index is 0.0293. The number of para-hydroxylation sites is 2. The molecule has 1 amide bonds. The van der Waals surface area contributed by atoms with Crippen molar-refractivity contribution < 1.29 is 4.79 Å². The van der Waals surface area contributed by atoms with E-state index in [1.54, 1.807) is 10.9 Å². The number of anilines is 2. The first-order valence-electron chi connectivity index (χ1n) is 11.8. The van der Waals surface area contributed by atoms with Gasteiger partial charge in [-0.25, -0.2) is 4.68 Å². The molecule has 33 heavy (non-hydrogen) atoms. The first kappa shape index (κ1) is 21.5. The van der Waals surface area contributed by atoms with Gasteiger partial charge in [0, 0.05) is 70.3 Å². The molecule has 0 atom stereocenters. The summed E-state index contributed by atoms with van der Waals surface area (Å²) in [5.74, 6) is 0.0293. The number of carbonyl (C=O) groups excluding carboxylic acids is 1. The fourth-order valence-corrected chi connectivity index (χ4v) is 4.66. The van der Waals surface area contributed by atoms with Crippen LogP contribution in [0.5, 0.6) is 0 Å². The quantitative estimate of drug-likeness (QED) is 0.579. The Balaban J connectivity index is 1.12. The minimum Gasteiger partial charge on any atom is -0.369 e. The summed E-state index contributed by atoms with van der Waals surface area (Å²) < 4.78 is 1.77. The summed E-state index contributed by atoms with van der Waals surface area (Å²) in [5.41, 5.74) is 3.09. The van der Waals surface area contributed by atoms with E-state index in [1.807, 2.05) is 11.0 Å². The molecule has 2 aliphatic rings. The number of amides is 1. The summed E-state index contributed by atoms with van der Waals surface area (Å²) in [4.78, 5) is 22.3. The molecule has 2 fully saturated rings.